The summed E-state index contributed by atoms with van der Waals surface area (Å²) in [6, 6.07) is 18.5. The van der Waals surface area contributed by atoms with E-state index in [0.717, 1.165) is 37.5 Å². The van der Waals surface area contributed by atoms with Crippen LogP contribution in [0.3, 0.4) is 0 Å². The Balaban J connectivity index is 1.37. The Bertz CT molecular complexity index is 891. The number of carbonyl (C=O) groups is 1. The fraction of sp³-hybridized carbons (Fsp3) is 0.423. The van der Waals surface area contributed by atoms with Gasteiger partial charge in [0.1, 0.15) is 5.75 Å². The molecule has 1 amide bonds. The first-order valence-electron chi connectivity index (χ1n) is 11.0. The zero-order valence-corrected chi connectivity index (χ0v) is 16.9. The first kappa shape index (κ1) is 18.5. The Morgan fingerprint density at radius 1 is 1.00 bits per heavy atom. The van der Waals surface area contributed by atoms with Crippen molar-refractivity contribution in [1.82, 2.24) is 4.90 Å². The fourth-order valence-corrected chi connectivity index (χ4v) is 5.56. The number of aryl methyl sites for hydroxylation is 1. The summed E-state index contributed by atoms with van der Waals surface area (Å²) in [5.74, 6) is 2.82. The summed E-state index contributed by atoms with van der Waals surface area (Å²) >= 11 is 0. The molecular formula is C26H29NO2. The molecule has 3 heteroatoms. The minimum atomic E-state index is 0.110. The van der Waals surface area contributed by atoms with Crippen LogP contribution in [0.5, 0.6) is 5.75 Å². The van der Waals surface area contributed by atoms with Gasteiger partial charge in [-0.15, -0.1) is 0 Å². The van der Waals surface area contributed by atoms with Crippen LogP contribution in [0.2, 0.25) is 0 Å². The zero-order valence-electron chi connectivity index (χ0n) is 16.9. The molecule has 0 N–H and O–H groups in total. The number of nitrogens with zero attached hydrogens (tertiary/aromatic N) is 1. The lowest BCUT2D eigenvalue weighted by Crippen LogP contribution is -2.43. The summed E-state index contributed by atoms with van der Waals surface area (Å²) in [7, 11) is 0. The standard InChI is InChI=1S/C26H29NO2/c28-26(18-29-23-9-2-1-3-10-23)27(17-22-16-19-13-14-21(22)15-19)25-12-6-8-20-7-4-5-11-24(20)25/h1-5,7,9-11,13-14,19,21-22,25H,6,8,12,15-18H2/t19-,21-,22-,25-/m1/s1. The highest BCUT2D eigenvalue weighted by Crippen LogP contribution is 2.45. The Labute approximate surface area is 173 Å². The van der Waals surface area contributed by atoms with Gasteiger partial charge >= 0.3 is 0 Å². The van der Waals surface area contributed by atoms with E-state index in [1.165, 1.54) is 24.0 Å². The topological polar surface area (TPSA) is 29.5 Å². The monoisotopic (exact) mass is 387 g/mol. The number of hydrogen-bond acceptors (Lipinski definition) is 2. The van der Waals surface area contributed by atoms with E-state index in [0.29, 0.717) is 11.8 Å². The molecule has 29 heavy (non-hydrogen) atoms. The molecule has 5 rings (SSSR count). The Kier molecular flexibility index (Phi) is 5.13. The van der Waals surface area contributed by atoms with Gasteiger partial charge in [0, 0.05) is 6.54 Å². The number of rotatable bonds is 6. The third-order valence-electron chi connectivity index (χ3n) is 6.99. The second-order valence-electron chi connectivity index (χ2n) is 8.79. The Morgan fingerprint density at radius 2 is 1.83 bits per heavy atom. The number of fused-ring (bicyclic) bond motifs is 3. The maximum Gasteiger partial charge on any atom is 0.261 e. The number of amides is 1. The molecule has 0 heterocycles. The first-order valence-corrected chi connectivity index (χ1v) is 11.0. The van der Waals surface area contributed by atoms with Crippen molar-refractivity contribution in [3.05, 3.63) is 77.9 Å². The average molecular weight is 388 g/mol. The van der Waals surface area contributed by atoms with E-state index >= 15 is 0 Å². The SMILES string of the molecule is O=C(COc1ccccc1)N(C[C@H]1C[C@@H]2C=C[C@@H]1C2)[C@@H]1CCCc2ccccc21. The van der Waals surface area contributed by atoms with Gasteiger partial charge in [-0.2, -0.15) is 0 Å². The highest BCUT2D eigenvalue weighted by molar-refractivity contribution is 5.78. The molecule has 0 spiro atoms. The van der Waals surface area contributed by atoms with Gasteiger partial charge in [0.05, 0.1) is 6.04 Å². The van der Waals surface area contributed by atoms with Gasteiger partial charge < -0.3 is 9.64 Å². The molecule has 0 unspecified atom stereocenters. The third kappa shape index (κ3) is 3.83. The molecule has 2 aromatic rings. The van der Waals surface area contributed by atoms with Crippen LogP contribution in [-0.4, -0.2) is 24.0 Å². The van der Waals surface area contributed by atoms with E-state index < -0.39 is 0 Å². The van der Waals surface area contributed by atoms with E-state index in [4.69, 9.17) is 4.74 Å². The van der Waals surface area contributed by atoms with Crippen molar-refractivity contribution in [2.45, 2.75) is 38.1 Å². The van der Waals surface area contributed by atoms with Crippen LogP contribution in [0.4, 0.5) is 0 Å². The fourth-order valence-electron chi connectivity index (χ4n) is 5.56. The lowest BCUT2D eigenvalue weighted by molar-refractivity contribution is -0.137. The third-order valence-corrected chi connectivity index (χ3v) is 6.99. The molecule has 3 nitrogen and oxygen atoms in total. The van der Waals surface area contributed by atoms with Crippen molar-refractivity contribution in [2.75, 3.05) is 13.2 Å². The summed E-state index contributed by atoms with van der Waals surface area (Å²) in [6.07, 6.45) is 10.6. The van der Waals surface area contributed by atoms with E-state index in [1.54, 1.807) is 0 Å². The molecule has 0 aliphatic heterocycles. The maximum atomic E-state index is 13.4. The molecule has 3 aliphatic carbocycles. The molecule has 0 saturated heterocycles. The van der Waals surface area contributed by atoms with Crippen LogP contribution < -0.4 is 4.74 Å². The van der Waals surface area contributed by atoms with Crippen LogP contribution in [-0.2, 0) is 11.2 Å². The molecule has 0 radical (unpaired) electrons. The van der Waals surface area contributed by atoms with Crippen LogP contribution in [0.1, 0.15) is 42.9 Å². The lowest BCUT2D eigenvalue weighted by Gasteiger charge is -2.38. The summed E-state index contributed by atoms with van der Waals surface area (Å²) in [5.41, 5.74) is 2.74. The molecule has 150 valence electrons. The predicted octanol–water partition coefficient (Wildman–Crippen LogP) is 5.18. The highest BCUT2D eigenvalue weighted by atomic mass is 16.5. The van der Waals surface area contributed by atoms with Gasteiger partial charge in [0.25, 0.3) is 5.91 Å². The quantitative estimate of drug-likeness (QED) is 0.639. The minimum absolute atomic E-state index is 0.110. The number of benzene rings is 2. The van der Waals surface area contributed by atoms with Gasteiger partial charge in [-0.1, -0.05) is 54.6 Å². The van der Waals surface area contributed by atoms with Gasteiger partial charge in [-0.05, 0) is 73.1 Å². The van der Waals surface area contributed by atoms with Gasteiger partial charge in [0.15, 0.2) is 6.61 Å². The molecule has 3 aliphatic rings. The van der Waals surface area contributed by atoms with Crippen molar-refractivity contribution < 1.29 is 9.53 Å². The van der Waals surface area contributed by atoms with Crippen LogP contribution in [0.25, 0.3) is 0 Å². The second kappa shape index (κ2) is 8.06. The van der Waals surface area contributed by atoms with Crippen LogP contribution in [0.15, 0.2) is 66.7 Å². The molecule has 2 bridgehead atoms. The minimum Gasteiger partial charge on any atom is -0.484 e. The van der Waals surface area contributed by atoms with Gasteiger partial charge in [0.2, 0.25) is 0 Å². The van der Waals surface area contributed by atoms with Crippen molar-refractivity contribution in [3.8, 4) is 5.75 Å². The molecule has 1 fully saturated rings. The van der Waals surface area contributed by atoms with E-state index in [2.05, 4.69) is 41.3 Å². The van der Waals surface area contributed by atoms with Crippen molar-refractivity contribution >= 4 is 5.91 Å². The van der Waals surface area contributed by atoms with Crippen LogP contribution in [0, 0.1) is 17.8 Å². The summed E-state index contributed by atoms with van der Waals surface area (Å²) < 4.78 is 5.85. The molecule has 1 saturated carbocycles. The highest BCUT2D eigenvalue weighted by Gasteiger charge is 2.39. The zero-order chi connectivity index (χ0) is 19.6. The Morgan fingerprint density at radius 3 is 2.62 bits per heavy atom. The van der Waals surface area contributed by atoms with E-state index in [9.17, 15) is 4.79 Å². The average Bonchev–Trinajstić information content (AvgIpc) is 3.40. The van der Waals surface area contributed by atoms with Crippen molar-refractivity contribution in [1.29, 1.82) is 0 Å². The Hall–Kier alpha value is -2.55. The van der Waals surface area contributed by atoms with Crippen molar-refractivity contribution in [2.24, 2.45) is 17.8 Å². The van der Waals surface area contributed by atoms with Crippen LogP contribution >= 0.6 is 0 Å². The summed E-state index contributed by atoms with van der Waals surface area (Å²) in [6.45, 7) is 0.959. The summed E-state index contributed by atoms with van der Waals surface area (Å²) in [4.78, 5) is 15.6. The molecule has 4 atom stereocenters. The summed E-state index contributed by atoms with van der Waals surface area (Å²) in [5, 5.41) is 0. The number of carbonyl (C=O) groups excluding carboxylic acids is 1. The second-order valence-corrected chi connectivity index (χ2v) is 8.79. The first-order chi connectivity index (χ1) is 14.3. The number of para-hydroxylation sites is 1. The maximum absolute atomic E-state index is 13.4. The number of allylic oxidation sites excluding steroid dienone is 2. The van der Waals surface area contributed by atoms with Gasteiger partial charge in [-0.25, -0.2) is 0 Å². The van der Waals surface area contributed by atoms with Gasteiger partial charge in [-0.3, -0.25) is 4.79 Å². The van der Waals surface area contributed by atoms with E-state index in [1.807, 2.05) is 30.3 Å². The van der Waals surface area contributed by atoms with Crippen molar-refractivity contribution in [3.63, 3.8) is 0 Å². The lowest BCUT2D eigenvalue weighted by atomic mass is 9.85. The van der Waals surface area contributed by atoms with E-state index in [-0.39, 0.29) is 18.6 Å². The largest absolute Gasteiger partial charge is 0.484 e. The smallest absolute Gasteiger partial charge is 0.261 e. The number of ether oxygens (including phenoxy) is 1. The molecule has 0 aromatic heterocycles. The predicted molar refractivity (Wildman–Crippen MR) is 115 cm³/mol. The number of hydrogen-bond donors (Lipinski definition) is 0. The molecular weight excluding hydrogens is 358 g/mol. The normalized spacial score (nSPS) is 26.9. The molecule has 2 aromatic carbocycles.